The number of anilines is 2. The summed E-state index contributed by atoms with van der Waals surface area (Å²) in [7, 11) is 0. The minimum absolute atomic E-state index is 0.0471. The molecule has 0 radical (unpaired) electrons. The number of benzene rings is 1. The van der Waals surface area contributed by atoms with Crippen LogP contribution in [0, 0.1) is 5.92 Å². The highest BCUT2D eigenvalue weighted by Gasteiger charge is 2.32. The Kier molecular flexibility index (Phi) is 4.64. The first-order valence-electron chi connectivity index (χ1n) is 8.43. The van der Waals surface area contributed by atoms with E-state index in [9.17, 15) is 4.39 Å². The average Bonchev–Trinajstić information content (AvgIpc) is 3.36. The zero-order valence-corrected chi connectivity index (χ0v) is 14.2. The van der Waals surface area contributed by atoms with Crippen molar-refractivity contribution in [2.24, 2.45) is 5.92 Å². The molecule has 1 heterocycles. The highest BCUT2D eigenvalue weighted by Crippen LogP contribution is 2.36. The van der Waals surface area contributed by atoms with Gasteiger partial charge in [-0.1, -0.05) is 30.3 Å². The van der Waals surface area contributed by atoms with Gasteiger partial charge in [-0.15, -0.1) is 0 Å². The van der Waals surface area contributed by atoms with E-state index in [-0.39, 0.29) is 17.8 Å². The van der Waals surface area contributed by atoms with Crippen LogP contribution in [0.2, 0.25) is 0 Å². The van der Waals surface area contributed by atoms with Crippen molar-refractivity contribution < 1.29 is 4.39 Å². The van der Waals surface area contributed by atoms with Crippen LogP contribution in [0.5, 0.6) is 0 Å². The van der Waals surface area contributed by atoms with Crippen LogP contribution in [0.4, 0.5) is 16.3 Å². The second-order valence-corrected chi connectivity index (χ2v) is 6.93. The van der Waals surface area contributed by atoms with Crippen molar-refractivity contribution in [3.8, 4) is 0 Å². The Morgan fingerprint density at radius 1 is 1.21 bits per heavy atom. The first-order valence-corrected chi connectivity index (χ1v) is 8.43. The maximum atomic E-state index is 14.1. The molecule has 1 aliphatic carbocycles. The van der Waals surface area contributed by atoms with Crippen LogP contribution in [-0.4, -0.2) is 21.0 Å². The molecule has 0 saturated heterocycles. The molecule has 5 nitrogen and oxygen atoms in total. The number of nitrogens with one attached hydrogen (secondary N) is 1. The topological polar surface area (TPSA) is 76.7 Å². The fourth-order valence-electron chi connectivity index (χ4n) is 2.78. The van der Waals surface area contributed by atoms with Crippen molar-refractivity contribution in [1.29, 1.82) is 0 Å². The molecule has 24 heavy (non-hydrogen) atoms. The van der Waals surface area contributed by atoms with Crippen LogP contribution >= 0.6 is 0 Å². The third-order valence-electron chi connectivity index (χ3n) is 4.28. The minimum Gasteiger partial charge on any atom is -0.368 e. The van der Waals surface area contributed by atoms with Crippen LogP contribution in [0.1, 0.15) is 44.5 Å². The number of nitrogens with two attached hydrogens (primary N) is 1. The number of nitrogen functional groups attached to an aromatic ring is 1. The molecule has 1 aromatic heterocycles. The zero-order valence-electron chi connectivity index (χ0n) is 14.2. The van der Waals surface area contributed by atoms with E-state index in [4.69, 9.17) is 5.73 Å². The molecule has 1 aromatic carbocycles. The predicted octanol–water partition coefficient (Wildman–Crippen LogP) is 3.48. The summed E-state index contributed by atoms with van der Waals surface area (Å²) in [6.45, 7) is 2.83. The Balaban J connectivity index is 1.71. The van der Waals surface area contributed by atoms with Gasteiger partial charge in [0.05, 0.1) is 0 Å². The molecule has 2 aromatic rings. The number of aromatic nitrogens is 3. The summed E-state index contributed by atoms with van der Waals surface area (Å²) in [5.41, 5.74) is 5.38. The van der Waals surface area contributed by atoms with Crippen LogP contribution in [0.25, 0.3) is 0 Å². The summed E-state index contributed by atoms with van der Waals surface area (Å²) in [6, 6.07) is 10.7. The highest BCUT2D eigenvalue weighted by atomic mass is 19.1. The van der Waals surface area contributed by atoms with Gasteiger partial charge in [0.1, 0.15) is 0 Å². The van der Waals surface area contributed by atoms with Crippen LogP contribution in [0.3, 0.4) is 0 Å². The van der Waals surface area contributed by atoms with E-state index in [1.165, 1.54) is 32.3 Å². The second kappa shape index (κ2) is 6.71. The van der Waals surface area contributed by atoms with Crippen molar-refractivity contribution in [3.63, 3.8) is 0 Å². The molecule has 1 fully saturated rings. The smallest absolute Gasteiger partial charge is 0.228 e. The number of aryl methyl sites for hydroxylation is 1. The molecule has 1 aliphatic rings. The molecule has 0 spiro atoms. The molecule has 0 bridgehead atoms. The second-order valence-electron chi connectivity index (χ2n) is 6.93. The SMILES string of the molecule is CC(C)(F)c1nc(N)nc(NC(CCc2ccccc2)C2CC2)n1. The first-order chi connectivity index (χ1) is 11.4. The third kappa shape index (κ3) is 4.40. The van der Waals surface area contributed by atoms with E-state index in [2.05, 4.69) is 44.5 Å². The number of alkyl halides is 1. The average molecular weight is 329 g/mol. The van der Waals surface area contributed by atoms with Crippen molar-refractivity contribution >= 4 is 11.9 Å². The van der Waals surface area contributed by atoms with Gasteiger partial charge in [-0.2, -0.15) is 15.0 Å². The van der Waals surface area contributed by atoms with Gasteiger partial charge in [-0.25, -0.2) is 4.39 Å². The van der Waals surface area contributed by atoms with E-state index in [1.54, 1.807) is 0 Å². The minimum atomic E-state index is -1.65. The number of nitrogens with zero attached hydrogens (tertiary/aromatic N) is 3. The van der Waals surface area contributed by atoms with E-state index < -0.39 is 5.67 Å². The molecule has 1 atom stereocenters. The lowest BCUT2D eigenvalue weighted by Gasteiger charge is -2.20. The molecular weight excluding hydrogens is 305 g/mol. The molecule has 0 amide bonds. The van der Waals surface area contributed by atoms with E-state index in [1.807, 2.05) is 6.07 Å². The summed E-state index contributed by atoms with van der Waals surface area (Å²) < 4.78 is 14.1. The molecular formula is C18H24FN5. The van der Waals surface area contributed by atoms with Crippen molar-refractivity contribution in [1.82, 2.24) is 15.0 Å². The van der Waals surface area contributed by atoms with E-state index >= 15 is 0 Å². The van der Waals surface area contributed by atoms with Gasteiger partial charge in [0.25, 0.3) is 0 Å². The van der Waals surface area contributed by atoms with E-state index in [0.29, 0.717) is 11.9 Å². The van der Waals surface area contributed by atoms with Crippen LogP contribution in [-0.2, 0) is 12.1 Å². The summed E-state index contributed by atoms with van der Waals surface area (Å²) >= 11 is 0. The molecule has 128 valence electrons. The van der Waals surface area contributed by atoms with Gasteiger partial charge in [0, 0.05) is 6.04 Å². The van der Waals surface area contributed by atoms with Gasteiger partial charge in [-0.05, 0) is 51.0 Å². The van der Waals surface area contributed by atoms with Crippen molar-refractivity contribution in [2.75, 3.05) is 11.1 Å². The summed E-state index contributed by atoms with van der Waals surface area (Å²) in [5.74, 6) is 1.10. The first kappa shape index (κ1) is 16.6. The Labute approximate surface area is 141 Å². The summed E-state index contributed by atoms with van der Waals surface area (Å²) in [6.07, 6.45) is 4.37. The van der Waals surface area contributed by atoms with Gasteiger partial charge >= 0.3 is 0 Å². The molecule has 3 rings (SSSR count). The number of halogens is 1. The van der Waals surface area contributed by atoms with Crippen molar-refractivity contribution in [3.05, 3.63) is 41.7 Å². The molecule has 1 unspecified atom stereocenters. The fourth-order valence-corrected chi connectivity index (χ4v) is 2.78. The van der Waals surface area contributed by atoms with Crippen molar-refractivity contribution in [2.45, 2.75) is 51.2 Å². The lowest BCUT2D eigenvalue weighted by Crippen LogP contribution is -2.26. The fraction of sp³-hybridized carbons (Fsp3) is 0.500. The maximum Gasteiger partial charge on any atom is 0.228 e. The van der Waals surface area contributed by atoms with Crippen LogP contribution in [0.15, 0.2) is 30.3 Å². The summed E-state index contributed by atoms with van der Waals surface area (Å²) in [5, 5.41) is 3.36. The monoisotopic (exact) mass is 329 g/mol. The highest BCUT2D eigenvalue weighted by molar-refractivity contribution is 5.34. The van der Waals surface area contributed by atoms with Gasteiger partial charge in [0.2, 0.25) is 11.9 Å². The normalized spacial score (nSPS) is 16.0. The lowest BCUT2D eigenvalue weighted by atomic mass is 10.0. The van der Waals surface area contributed by atoms with Crippen LogP contribution < -0.4 is 11.1 Å². The van der Waals surface area contributed by atoms with Gasteiger partial charge < -0.3 is 11.1 Å². The number of rotatable bonds is 7. The Bertz CT molecular complexity index is 680. The zero-order chi connectivity index (χ0) is 17.2. The number of hydrogen-bond acceptors (Lipinski definition) is 5. The molecule has 3 N–H and O–H groups in total. The van der Waals surface area contributed by atoms with E-state index in [0.717, 1.165) is 12.8 Å². The maximum absolute atomic E-state index is 14.1. The van der Waals surface area contributed by atoms with Gasteiger partial charge in [0.15, 0.2) is 11.5 Å². The summed E-state index contributed by atoms with van der Waals surface area (Å²) in [4.78, 5) is 12.3. The quantitative estimate of drug-likeness (QED) is 0.813. The standard InChI is InChI=1S/C18H24FN5/c1-18(2,19)15-22-16(20)24-17(23-15)21-14(13-9-10-13)11-8-12-6-4-3-5-7-12/h3-7,13-14H,8-11H2,1-2H3,(H3,20,21,22,23,24). The Morgan fingerprint density at radius 3 is 2.54 bits per heavy atom. The lowest BCUT2D eigenvalue weighted by molar-refractivity contribution is 0.206. The number of hydrogen-bond donors (Lipinski definition) is 2. The molecule has 6 heteroatoms. The molecule has 1 saturated carbocycles. The predicted molar refractivity (Wildman–Crippen MR) is 93.3 cm³/mol. The third-order valence-corrected chi connectivity index (χ3v) is 4.28. The molecule has 0 aliphatic heterocycles. The largest absolute Gasteiger partial charge is 0.368 e. The Morgan fingerprint density at radius 2 is 1.92 bits per heavy atom. The Hall–Kier alpha value is -2.24. The van der Waals surface area contributed by atoms with Gasteiger partial charge in [-0.3, -0.25) is 0 Å².